The molecule has 1 N–H and O–H groups in total. The van der Waals surface area contributed by atoms with E-state index in [0.717, 1.165) is 25.7 Å². The second-order valence-electron chi connectivity index (χ2n) is 6.28. The molecule has 7 heteroatoms. The number of hydrogen-bond donors (Lipinski definition) is 1. The van der Waals surface area contributed by atoms with Gasteiger partial charge in [0.25, 0.3) is 5.91 Å². The molecule has 2 heterocycles. The summed E-state index contributed by atoms with van der Waals surface area (Å²) in [6.07, 6.45) is 7.03. The zero-order valence-corrected chi connectivity index (χ0v) is 13.2. The van der Waals surface area contributed by atoms with Gasteiger partial charge >= 0.3 is 0 Å². The van der Waals surface area contributed by atoms with Crippen molar-refractivity contribution in [1.82, 2.24) is 25.0 Å². The second-order valence-corrected chi connectivity index (χ2v) is 6.28. The van der Waals surface area contributed by atoms with Gasteiger partial charge in [-0.25, -0.2) is 4.98 Å². The molecule has 1 saturated carbocycles. The summed E-state index contributed by atoms with van der Waals surface area (Å²) in [6.45, 7) is 4.01. The molecule has 3 rings (SSSR count). The Balaban J connectivity index is 1.86. The molecule has 2 aromatic heterocycles. The monoisotopic (exact) mass is 303 g/mol. The molecule has 1 fully saturated rings. The Bertz CT molecular complexity index is 667. The first-order valence-electron chi connectivity index (χ1n) is 7.65. The molecule has 0 atom stereocenters. The summed E-state index contributed by atoms with van der Waals surface area (Å²) in [5, 5.41) is 7.21. The highest BCUT2D eigenvalue weighted by Gasteiger charge is 2.42. The van der Waals surface area contributed by atoms with Gasteiger partial charge in [0.2, 0.25) is 5.89 Å². The van der Waals surface area contributed by atoms with Gasteiger partial charge in [-0.1, -0.05) is 31.8 Å². The van der Waals surface area contributed by atoms with Crippen molar-refractivity contribution in [3.05, 3.63) is 29.9 Å². The molecular formula is C15H21N5O2. The van der Waals surface area contributed by atoms with E-state index in [2.05, 4.69) is 20.4 Å². The molecule has 0 aromatic carbocycles. The van der Waals surface area contributed by atoms with Crippen LogP contribution in [0.25, 0.3) is 0 Å². The average molecular weight is 303 g/mol. The van der Waals surface area contributed by atoms with Gasteiger partial charge in [0.15, 0.2) is 5.82 Å². The van der Waals surface area contributed by atoms with Crippen molar-refractivity contribution in [2.24, 2.45) is 7.05 Å². The quantitative estimate of drug-likeness (QED) is 0.935. The highest BCUT2D eigenvalue weighted by Crippen LogP contribution is 2.37. The molecule has 1 aliphatic rings. The molecule has 0 aliphatic heterocycles. The Labute approximate surface area is 129 Å². The normalized spacial score (nSPS) is 17.1. The first-order valence-corrected chi connectivity index (χ1v) is 7.65. The number of nitrogens with one attached hydrogen (secondary N) is 1. The van der Waals surface area contributed by atoms with E-state index in [1.807, 2.05) is 20.9 Å². The third-order valence-electron chi connectivity index (χ3n) is 4.11. The van der Waals surface area contributed by atoms with E-state index in [0.29, 0.717) is 17.4 Å². The van der Waals surface area contributed by atoms with E-state index < -0.39 is 5.54 Å². The minimum Gasteiger partial charge on any atom is -0.340 e. The summed E-state index contributed by atoms with van der Waals surface area (Å²) in [7, 11) is 1.84. The number of hydrogen-bond acceptors (Lipinski definition) is 5. The number of imidazole rings is 1. The van der Waals surface area contributed by atoms with Crippen LogP contribution in [-0.2, 0) is 12.6 Å². The molecule has 0 unspecified atom stereocenters. The molecule has 0 bridgehead atoms. The Morgan fingerprint density at radius 2 is 2.14 bits per heavy atom. The van der Waals surface area contributed by atoms with Crippen molar-refractivity contribution in [1.29, 1.82) is 0 Å². The first kappa shape index (κ1) is 14.7. The van der Waals surface area contributed by atoms with Gasteiger partial charge in [-0.15, -0.1) is 0 Å². The predicted octanol–water partition coefficient (Wildman–Crippen LogP) is 2.13. The van der Waals surface area contributed by atoms with Crippen LogP contribution in [0.4, 0.5) is 0 Å². The minimum atomic E-state index is -0.536. The number of carbonyl (C=O) groups excluding carboxylic acids is 1. The van der Waals surface area contributed by atoms with E-state index >= 15 is 0 Å². The van der Waals surface area contributed by atoms with Crippen LogP contribution >= 0.6 is 0 Å². The lowest BCUT2D eigenvalue weighted by molar-refractivity contribution is 0.0887. The molecule has 0 spiro atoms. The Kier molecular flexibility index (Phi) is 3.72. The van der Waals surface area contributed by atoms with Crippen LogP contribution in [0, 0.1) is 0 Å². The predicted molar refractivity (Wildman–Crippen MR) is 79.2 cm³/mol. The number of carbonyl (C=O) groups is 1. The first-order chi connectivity index (χ1) is 10.5. The maximum absolute atomic E-state index is 12.5. The molecule has 22 heavy (non-hydrogen) atoms. The molecular weight excluding hydrogens is 282 g/mol. The van der Waals surface area contributed by atoms with Crippen molar-refractivity contribution in [2.75, 3.05) is 0 Å². The highest BCUT2D eigenvalue weighted by atomic mass is 16.5. The summed E-state index contributed by atoms with van der Waals surface area (Å²) in [4.78, 5) is 21.1. The fraction of sp³-hybridized carbons (Fsp3) is 0.600. The van der Waals surface area contributed by atoms with Crippen LogP contribution < -0.4 is 5.32 Å². The van der Waals surface area contributed by atoms with Crippen LogP contribution in [0.3, 0.4) is 0 Å². The van der Waals surface area contributed by atoms with E-state index in [-0.39, 0.29) is 11.8 Å². The number of aryl methyl sites for hydroxylation is 1. The van der Waals surface area contributed by atoms with Crippen molar-refractivity contribution in [2.45, 2.75) is 51.0 Å². The van der Waals surface area contributed by atoms with E-state index in [1.165, 1.54) is 0 Å². The Morgan fingerprint density at radius 1 is 1.41 bits per heavy atom. The number of aromatic nitrogens is 4. The summed E-state index contributed by atoms with van der Waals surface area (Å²) in [6, 6.07) is 0. The topological polar surface area (TPSA) is 85.8 Å². The Hall–Kier alpha value is -2.18. The summed E-state index contributed by atoms with van der Waals surface area (Å²) in [5.74, 6) is 1.16. The third kappa shape index (κ3) is 2.63. The minimum absolute atomic E-state index is 0.172. The fourth-order valence-electron chi connectivity index (χ4n) is 2.86. The van der Waals surface area contributed by atoms with E-state index in [4.69, 9.17) is 4.52 Å². The van der Waals surface area contributed by atoms with Crippen LogP contribution in [0.1, 0.15) is 67.7 Å². The molecule has 0 radical (unpaired) electrons. The maximum Gasteiger partial charge on any atom is 0.272 e. The summed E-state index contributed by atoms with van der Waals surface area (Å²) >= 11 is 0. The molecule has 118 valence electrons. The zero-order chi connectivity index (χ0) is 15.7. The maximum atomic E-state index is 12.5. The van der Waals surface area contributed by atoms with Crippen LogP contribution in [0.2, 0.25) is 0 Å². The summed E-state index contributed by atoms with van der Waals surface area (Å²) < 4.78 is 7.07. The van der Waals surface area contributed by atoms with Crippen LogP contribution in [-0.4, -0.2) is 25.6 Å². The van der Waals surface area contributed by atoms with Gasteiger partial charge in [-0.05, 0) is 12.8 Å². The molecule has 1 aliphatic carbocycles. The lowest BCUT2D eigenvalue weighted by atomic mass is 9.96. The number of rotatable bonds is 4. The number of amides is 1. The van der Waals surface area contributed by atoms with Gasteiger partial charge in [0.1, 0.15) is 11.2 Å². The smallest absolute Gasteiger partial charge is 0.272 e. The van der Waals surface area contributed by atoms with Gasteiger partial charge in [0, 0.05) is 19.2 Å². The van der Waals surface area contributed by atoms with E-state index in [9.17, 15) is 4.79 Å². The lowest BCUT2D eigenvalue weighted by Gasteiger charge is -2.26. The Morgan fingerprint density at radius 3 is 2.68 bits per heavy atom. The van der Waals surface area contributed by atoms with Crippen LogP contribution in [0.5, 0.6) is 0 Å². The third-order valence-corrected chi connectivity index (χ3v) is 4.11. The molecule has 7 nitrogen and oxygen atoms in total. The van der Waals surface area contributed by atoms with Gasteiger partial charge in [0.05, 0.1) is 6.33 Å². The average Bonchev–Trinajstić information content (AvgIpc) is 3.17. The zero-order valence-electron chi connectivity index (χ0n) is 13.2. The SMILES string of the molecule is CC(C)c1nc(C2(NC(=O)c3cn(C)cn3)CCCC2)no1. The number of nitrogens with zero attached hydrogens (tertiary/aromatic N) is 4. The van der Waals surface area contributed by atoms with Crippen molar-refractivity contribution in [3.8, 4) is 0 Å². The lowest BCUT2D eigenvalue weighted by Crippen LogP contribution is -2.44. The highest BCUT2D eigenvalue weighted by molar-refractivity contribution is 5.92. The molecule has 2 aromatic rings. The standard InChI is InChI=1S/C15H21N5O2/c1-10(2)13-17-14(19-22-13)15(6-4-5-7-15)18-12(21)11-8-20(3)9-16-11/h8-10H,4-7H2,1-3H3,(H,18,21). The second kappa shape index (κ2) is 5.55. The van der Waals surface area contributed by atoms with Gasteiger partial charge in [-0.2, -0.15) is 4.98 Å². The molecule has 0 saturated heterocycles. The van der Waals surface area contributed by atoms with Crippen molar-refractivity contribution >= 4 is 5.91 Å². The van der Waals surface area contributed by atoms with Gasteiger partial charge < -0.3 is 14.4 Å². The van der Waals surface area contributed by atoms with Crippen molar-refractivity contribution in [3.63, 3.8) is 0 Å². The molecule has 1 amide bonds. The van der Waals surface area contributed by atoms with E-state index in [1.54, 1.807) is 17.1 Å². The summed E-state index contributed by atoms with van der Waals surface area (Å²) in [5.41, 5.74) is -0.132. The largest absolute Gasteiger partial charge is 0.340 e. The van der Waals surface area contributed by atoms with Gasteiger partial charge in [-0.3, -0.25) is 4.79 Å². The van der Waals surface area contributed by atoms with Crippen molar-refractivity contribution < 1.29 is 9.32 Å². The van der Waals surface area contributed by atoms with Crippen LogP contribution in [0.15, 0.2) is 17.0 Å². The fourth-order valence-corrected chi connectivity index (χ4v) is 2.86.